The lowest BCUT2D eigenvalue weighted by Crippen LogP contribution is -2.49. The highest BCUT2D eigenvalue weighted by Gasteiger charge is 2.25. The molecule has 0 aromatic carbocycles. The molecular weight excluding hydrogens is 260 g/mol. The molecule has 0 aromatic heterocycles. The summed E-state index contributed by atoms with van der Waals surface area (Å²) < 4.78 is 5.43. The molecule has 1 aliphatic rings. The summed E-state index contributed by atoms with van der Waals surface area (Å²) in [7, 11) is 0. The maximum atomic E-state index is 12.0. The lowest BCUT2D eigenvalue weighted by Gasteiger charge is -2.32. The number of hydrogen-bond acceptors (Lipinski definition) is 3. The molecule has 110 valence electrons. The van der Waals surface area contributed by atoms with E-state index in [0.29, 0.717) is 31.1 Å². The fourth-order valence-electron chi connectivity index (χ4n) is 2.26. The van der Waals surface area contributed by atoms with Crippen LogP contribution in [0.1, 0.15) is 51.9 Å². The standard InChI is InChI=1S/C14H26N2O2S/c1-2-3-4-5-6-7-8-13(17)16-9-10-18-12(11-16)14(15)19/h12H,2-11H2,1H3,(H2,15,19). The van der Waals surface area contributed by atoms with Crippen LogP contribution in [0, 0.1) is 0 Å². The molecule has 0 aromatic rings. The Balaban J connectivity index is 2.16. The number of carbonyl (C=O) groups is 1. The van der Waals surface area contributed by atoms with Gasteiger partial charge in [0.1, 0.15) is 11.1 Å². The van der Waals surface area contributed by atoms with Gasteiger partial charge in [0.15, 0.2) is 0 Å². The van der Waals surface area contributed by atoms with Crippen LogP contribution in [0.15, 0.2) is 0 Å². The molecular formula is C14H26N2O2S. The molecule has 2 N–H and O–H groups in total. The van der Waals surface area contributed by atoms with Crippen LogP contribution in [0.5, 0.6) is 0 Å². The zero-order chi connectivity index (χ0) is 14.1. The van der Waals surface area contributed by atoms with E-state index in [9.17, 15) is 4.79 Å². The Kier molecular flexibility index (Phi) is 7.98. The predicted octanol–water partition coefficient (Wildman–Crippen LogP) is 2.25. The minimum Gasteiger partial charge on any atom is -0.391 e. The van der Waals surface area contributed by atoms with Gasteiger partial charge in [-0.15, -0.1) is 0 Å². The van der Waals surface area contributed by atoms with Crippen molar-refractivity contribution in [1.29, 1.82) is 0 Å². The first-order valence-electron chi connectivity index (χ1n) is 7.33. The monoisotopic (exact) mass is 286 g/mol. The third-order valence-electron chi connectivity index (χ3n) is 3.48. The van der Waals surface area contributed by atoms with Crippen molar-refractivity contribution in [2.45, 2.75) is 58.0 Å². The van der Waals surface area contributed by atoms with Crippen molar-refractivity contribution < 1.29 is 9.53 Å². The van der Waals surface area contributed by atoms with Crippen LogP contribution < -0.4 is 5.73 Å². The lowest BCUT2D eigenvalue weighted by molar-refractivity contribution is -0.136. The Morgan fingerprint density at radius 1 is 1.32 bits per heavy atom. The lowest BCUT2D eigenvalue weighted by atomic mass is 10.1. The highest BCUT2D eigenvalue weighted by atomic mass is 32.1. The molecule has 0 spiro atoms. The highest BCUT2D eigenvalue weighted by Crippen LogP contribution is 2.11. The molecule has 1 atom stereocenters. The number of ether oxygens (including phenoxy) is 1. The fourth-order valence-corrected chi connectivity index (χ4v) is 2.41. The summed E-state index contributed by atoms with van der Waals surface area (Å²) >= 11 is 4.92. The summed E-state index contributed by atoms with van der Waals surface area (Å²) in [6.45, 7) is 3.92. The molecule has 19 heavy (non-hydrogen) atoms. The maximum Gasteiger partial charge on any atom is 0.222 e. The Morgan fingerprint density at radius 3 is 2.68 bits per heavy atom. The zero-order valence-corrected chi connectivity index (χ0v) is 12.7. The van der Waals surface area contributed by atoms with Crippen molar-refractivity contribution in [3.05, 3.63) is 0 Å². The zero-order valence-electron chi connectivity index (χ0n) is 11.9. The number of unbranched alkanes of at least 4 members (excludes halogenated alkanes) is 5. The third-order valence-corrected chi connectivity index (χ3v) is 3.74. The number of nitrogens with two attached hydrogens (primary N) is 1. The first-order chi connectivity index (χ1) is 9.15. The topological polar surface area (TPSA) is 55.6 Å². The van der Waals surface area contributed by atoms with Crippen molar-refractivity contribution >= 4 is 23.1 Å². The molecule has 1 unspecified atom stereocenters. The van der Waals surface area contributed by atoms with Crippen LogP contribution in [-0.4, -0.2) is 41.6 Å². The number of amides is 1. The summed E-state index contributed by atoms with van der Waals surface area (Å²) in [4.78, 5) is 14.2. The molecule has 4 nitrogen and oxygen atoms in total. The summed E-state index contributed by atoms with van der Waals surface area (Å²) in [5.74, 6) is 0.208. The average Bonchev–Trinajstić information content (AvgIpc) is 2.42. The number of nitrogens with zero attached hydrogens (tertiary/aromatic N) is 1. The van der Waals surface area contributed by atoms with Gasteiger partial charge in [-0.05, 0) is 6.42 Å². The molecule has 1 rings (SSSR count). The Bertz CT molecular complexity index is 297. The quantitative estimate of drug-likeness (QED) is 0.549. The van der Waals surface area contributed by atoms with E-state index in [1.54, 1.807) is 0 Å². The molecule has 0 radical (unpaired) electrons. The van der Waals surface area contributed by atoms with Gasteiger partial charge >= 0.3 is 0 Å². The van der Waals surface area contributed by atoms with E-state index < -0.39 is 0 Å². The molecule has 1 amide bonds. The molecule has 5 heteroatoms. The van der Waals surface area contributed by atoms with E-state index in [1.165, 1.54) is 25.7 Å². The van der Waals surface area contributed by atoms with Crippen LogP contribution in [0.25, 0.3) is 0 Å². The van der Waals surface area contributed by atoms with Gasteiger partial charge in [0.05, 0.1) is 13.2 Å². The third kappa shape index (κ3) is 6.34. The van der Waals surface area contributed by atoms with Gasteiger partial charge in [0.25, 0.3) is 0 Å². The van der Waals surface area contributed by atoms with Gasteiger partial charge in [-0.3, -0.25) is 4.79 Å². The molecule has 0 saturated carbocycles. The van der Waals surface area contributed by atoms with Crippen molar-refractivity contribution in [3.8, 4) is 0 Å². The number of rotatable bonds is 8. The smallest absolute Gasteiger partial charge is 0.222 e. The first-order valence-corrected chi connectivity index (χ1v) is 7.74. The van der Waals surface area contributed by atoms with Crippen LogP contribution in [0.4, 0.5) is 0 Å². The molecule has 0 aliphatic carbocycles. The molecule has 1 aliphatic heterocycles. The van der Waals surface area contributed by atoms with Gasteiger partial charge in [0, 0.05) is 13.0 Å². The van der Waals surface area contributed by atoms with E-state index in [4.69, 9.17) is 22.7 Å². The largest absolute Gasteiger partial charge is 0.391 e. The highest BCUT2D eigenvalue weighted by molar-refractivity contribution is 7.80. The minimum atomic E-state index is -0.266. The van der Waals surface area contributed by atoms with Gasteiger partial charge in [0.2, 0.25) is 5.91 Å². The van der Waals surface area contributed by atoms with E-state index in [1.807, 2.05) is 4.90 Å². The predicted molar refractivity (Wildman–Crippen MR) is 81.1 cm³/mol. The van der Waals surface area contributed by atoms with Gasteiger partial charge in [-0.1, -0.05) is 51.2 Å². The van der Waals surface area contributed by atoms with Crippen molar-refractivity contribution in [2.24, 2.45) is 5.73 Å². The summed E-state index contributed by atoms with van der Waals surface area (Å²) in [5.41, 5.74) is 5.57. The molecule has 1 saturated heterocycles. The first kappa shape index (κ1) is 16.4. The Labute approximate surface area is 121 Å². The summed E-state index contributed by atoms with van der Waals surface area (Å²) in [6, 6.07) is 0. The molecule has 0 bridgehead atoms. The fraction of sp³-hybridized carbons (Fsp3) is 0.857. The molecule has 1 heterocycles. The maximum absolute atomic E-state index is 12.0. The van der Waals surface area contributed by atoms with E-state index in [0.717, 1.165) is 12.8 Å². The van der Waals surface area contributed by atoms with Crippen LogP contribution in [0.2, 0.25) is 0 Å². The second-order valence-electron chi connectivity index (χ2n) is 5.12. The number of hydrogen-bond donors (Lipinski definition) is 1. The van der Waals surface area contributed by atoms with Crippen molar-refractivity contribution in [3.63, 3.8) is 0 Å². The number of carbonyl (C=O) groups excluding carboxylic acids is 1. The Morgan fingerprint density at radius 2 is 2.00 bits per heavy atom. The minimum absolute atomic E-state index is 0.208. The second kappa shape index (κ2) is 9.26. The van der Waals surface area contributed by atoms with Crippen molar-refractivity contribution in [2.75, 3.05) is 19.7 Å². The second-order valence-corrected chi connectivity index (χ2v) is 5.59. The SMILES string of the molecule is CCCCCCCCC(=O)N1CCOC(C(N)=S)C1. The van der Waals surface area contributed by atoms with E-state index >= 15 is 0 Å². The van der Waals surface area contributed by atoms with Crippen molar-refractivity contribution in [1.82, 2.24) is 4.90 Å². The van der Waals surface area contributed by atoms with Gasteiger partial charge in [-0.25, -0.2) is 0 Å². The summed E-state index contributed by atoms with van der Waals surface area (Å²) in [6.07, 6.45) is 7.58. The van der Waals surface area contributed by atoms with Crippen LogP contribution >= 0.6 is 12.2 Å². The Hall–Kier alpha value is -0.680. The summed E-state index contributed by atoms with van der Waals surface area (Å²) in [5, 5.41) is 0. The van der Waals surface area contributed by atoms with E-state index in [2.05, 4.69) is 6.92 Å². The van der Waals surface area contributed by atoms with E-state index in [-0.39, 0.29) is 12.0 Å². The normalized spacial score (nSPS) is 19.4. The average molecular weight is 286 g/mol. The van der Waals surface area contributed by atoms with Gasteiger partial charge in [-0.2, -0.15) is 0 Å². The number of thiocarbonyl (C=S) groups is 1. The van der Waals surface area contributed by atoms with Crippen LogP contribution in [-0.2, 0) is 9.53 Å². The number of morpholine rings is 1. The molecule has 1 fully saturated rings. The van der Waals surface area contributed by atoms with Gasteiger partial charge < -0.3 is 15.4 Å². The van der Waals surface area contributed by atoms with Crippen LogP contribution in [0.3, 0.4) is 0 Å².